The van der Waals surface area contributed by atoms with Crippen LogP contribution in [-0.4, -0.2) is 4.98 Å². The fourth-order valence-electron chi connectivity index (χ4n) is 6.79. The molecule has 2 atom stereocenters. The summed E-state index contributed by atoms with van der Waals surface area (Å²) >= 11 is 0. The number of hydrogen-bond donors (Lipinski definition) is 0. The van der Waals surface area contributed by atoms with Gasteiger partial charge in [-0.3, -0.25) is 0 Å². The Bertz CT molecular complexity index is 1860. The Morgan fingerprint density at radius 3 is 1.83 bits per heavy atom. The summed E-state index contributed by atoms with van der Waals surface area (Å²) in [5, 5.41) is 5.28. The van der Waals surface area contributed by atoms with E-state index in [1.807, 2.05) is 24.3 Å². The van der Waals surface area contributed by atoms with Gasteiger partial charge in [0.1, 0.15) is 5.52 Å². The zero-order valence-corrected chi connectivity index (χ0v) is 24.1. The SMILES string of the molecule is CC(C)C1=CC(c2c3ccccc3c(-c3ccccc3)c3ccccc23)C(C(C)C)C=C1c1nc2ccccc2o1. The summed E-state index contributed by atoms with van der Waals surface area (Å²) in [6.45, 7) is 9.25. The van der Waals surface area contributed by atoms with Crippen LogP contribution in [0.4, 0.5) is 0 Å². The van der Waals surface area contributed by atoms with Crippen LogP contribution in [-0.2, 0) is 0 Å². The van der Waals surface area contributed by atoms with E-state index in [4.69, 9.17) is 9.40 Å². The zero-order valence-electron chi connectivity index (χ0n) is 24.1. The highest BCUT2D eigenvalue weighted by Gasteiger charge is 2.34. The molecule has 2 nitrogen and oxygen atoms in total. The van der Waals surface area contributed by atoms with Gasteiger partial charge in [0.25, 0.3) is 0 Å². The van der Waals surface area contributed by atoms with Crippen LogP contribution >= 0.6 is 0 Å². The number of allylic oxidation sites excluding steroid dienone is 4. The molecule has 0 bridgehead atoms. The van der Waals surface area contributed by atoms with Crippen molar-refractivity contribution in [2.45, 2.75) is 33.6 Å². The van der Waals surface area contributed by atoms with Gasteiger partial charge in [-0.05, 0) is 73.7 Å². The maximum atomic E-state index is 6.34. The molecule has 0 aliphatic heterocycles. The monoisotopic (exact) mass is 533 g/mol. The molecular weight excluding hydrogens is 498 g/mol. The average molecular weight is 534 g/mol. The van der Waals surface area contributed by atoms with E-state index >= 15 is 0 Å². The molecule has 0 N–H and O–H groups in total. The van der Waals surface area contributed by atoms with Crippen molar-refractivity contribution in [3.63, 3.8) is 0 Å². The normalized spacial score (nSPS) is 17.5. The second kappa shape index (κ2) is 10.2. The number of benzene rings is 5. The molecule has 7 rings (SSSR count). The number of rotatable bonds is 5. The van der Waals surface area contributed by atoms with E-state index in [1.165, 1.54) is 43.8 Å². The summed E-state index contributed by atoms with van der Waals surface area (Å²) in [6.07, 6.45) is 5.00. The largest absolute Gasteiger partial charge is 0.436 e. The van der Waals surface area contributed by atoms with E-state index in [-0.39, 0.29) is 11.8 Å². The van der Waals surface area contributed by atoms with Crippen LogP contribution in [0.2, 0.25) is 0 Å². The minimum Gasteiger partial charge on any atom is -0.436 e. The van der Waals surface area contributed by atoms with Crippen molar-refractivity contribution in [2.75, 3.05) is 0 Å². The van der Waals surface area contributed by atoms with Gasteiger partial charge in [0.05, 0.1) is 0 Å². The van der Waals surface area contributed by atoms with Crippen LogP contribution in [0.15, 0.2) is 125 Å². The molecule has 1 aromatic heterocycles. The summed E-state index contributed by atoms with van der Waals surface area (Å²) in [6, 6.07) is 36.9. The molecule has 0 spiro atoms. The number of fused-ring (bicyclic) bond motifs is 3. The van der Waals surface area contributed by atoms with Gasteiger partial charge in [-0.2, -0.15) is 0 Å². The Labute approximate surface area is 242 Å². The molecule has 1 aliphatic rings. The Morgan fingerprint density at radius 2 is 1.22 bits per heavy atom. The lowest BCUT2D eigenvalue weighted by Gasteiger charge is -2.34. The fourth-order valence-corrected chi connectivity index (χ4v) is 6.79. The van der Waals surface area contributed by atoms with Crippen molar-refractivity contribution >= 4 is 38.2 Å². The van der Waals surface area contributed by atoms with Gasteiger partial charge < -0.3 is 4.42 Å². The van der Waals surface area contributed by atoms with Crippen LogP contribution in [0.25, 0.3) is 49.3 Å². The summed E-state index contributed by atoms with van der Waals surface area (Å²) in [4.78, 5) is 4.93. The summed E-state index contributed by atoms with van der Waals surface area (Å²) in [5.41, 5.74) is 8.17. The number of para-hydroxylation sites is 2. The van der Waals surface area contributed by atoms with Crippen molar-refractivity contribution in [1.29, 1.82) is 0 Å². The highest BCUT2D eigenvalue weighted by atomic mass is 16.3. The van der Waals surface area contributed by atoms with Crippen molar-refractivity contribution in [3.8, 4) is 11.1 Å². The highest BCUT2D eigenvalue weighted by molar-refractivity contribution is 6.15. The topological polar surface area (TPSA) is 26.0 Å². The Hall–Kier alpha value is -4.43. The third-order valence-corrected chi connectivity index (χ3v) is 8.73. The molecule has 0 radical (unpaired) electrons. The molecule has 1 aliphatic carbocycles. The van der Waals surface area contributed by atoms with Crippen molar-refractivity contribution in [1.82, 2.24) is 4.98 Å². The maximum absolute atomic E-state index is 6.34. The molecule has 0 saturated heterocycles. The minimum absolute atomic E-state index is 0.222. The molecule has 0 amide bonds. The Morgan fingerprint density at radius 1 is 0.634 bits per heavy atom. The molecule has 6 aromatic rings. The number of oxazole rings is 1. The molecule has 0 fully saturated rings. The summed E-state index contributed by atoms with van der Waals surface area (Å²) in [7, 11) is 0. The Balaban J connectivity index is 1.50. The average Bonchev–Trinajstić information content (AvgIpc) is 3.44. The lowest BCUT2D eigenvalue weighted by atomic mass is 9.69. The quantitative estimate of drug-likeness (QED) is 0.206. The van der Waals surface area contributed by atoms with Gasteiger partial charge in [-0.15, -0.1) is 0 Å². The predicted molar refractivity (Wildman–Crippen MR) is 173 cm³/mol. The molecule has 41 heavy (non-hydrogen) atoms. The number of aromatic nitrogens is 1. The first kappa shape index (κ1) is 25.5. The van der Waals surface area contributed by atoms with Gasteiger partial charge in [-0.1, -0.05) is 131 Å². The van der Waals surface area contributed by atoms with Gasteiger partial charge in [0, 0.05) is 11.5 Å². The van der Waals surface area contributed by atoms with E-state index in [1.54, 1.807) is 0 Å². The lowest BCUT2D eigenvalue weighted by Crippen LogP contribution is -2.21. The lowest BCUT2D eigenvalue weighted by molar-refractivity contribution is 0.424. The van der Waals surface area contributed by atoms with Crippen molar-refractivity contribution in [2.24, 2.45) is 17.8 Å². The van der Waals surface area contributed by atoms with Gasteiger partial charge in [-0.25, -0.2) is 4.98 Å². The first-order chi connectivity index (χ1) is 20.0. The zero-order chi connectivity index (χ0) is 28.1. The highest BCUT2D eigenvalue weighted by Crippen LogP contribution is 2.49. The number of nitrogens with zero attached hydrogens (tertiary/aromatic N) is 1. The molecule has 2 unspecified atom stereocenters. The van der Waals surface area contributed by atoms with Crippen molar-refractivity contribution < 1.29 is 4.42 Å². The van der Waals surface area contributed by atoms with Crippen LogP contribution in [0.1, 0.15) is 45.1 Å². The molecule has 202 valence electrons. The summed E-state index contributed by atoms with van der Waals surface area (Å²) in [5.74, 6) is 1.99. The molecular formula is C39H35NO. The standard InChI is InChI=1S/C39H35NO/c1-24(2)31-23-34(39-40-35-20-12-13-21-36(35)41-39)32(25(3)4)22-33(31)38-29-18-10-8-16-27(29)37(26-14-6-5-7-15-26)28-17-9-11-19-30(28)38/h5-25,31,33H,1-4H3. The van der Waals surface area contributed by atoms with Crippen LogP contribution in [0.3, 0.4) is 0 Å². The predicted octanol–water partition coefficient (Wildman–Crippen LogP) is 10.8. The second-order valence-corrected chi connectivity index (χ2v) is 11.9. The van der Waals surface area contributed by atoms with E-state index in [9.17, 15) is 0 Å². The van der Waals surface area contributed by atoms with Crippen LogP contribution < -0.4 is 0 Å². The molecule has 1 heterocycles. The molecule has 0 saturated carbocycles. The molecule has 2 heteroatoms. The van der Waals surface area contributed by atoms with Crippen LogP contribution in [0, 0.1) is 17.8 Å². The third-order valence-electron chi connectivity index (χ3n) is 8.73. The minimum atomic E-state index is 0.222. The fraction of sp³-hybridized carbons (Fsp3) is 0.205. The van der Waals surface area contributed by atoms with Gasteiger partial charge >= 0.3 is 0 Å². The first-order valence-electron chi connectivity index (χ1n) is 14.8. The third kappa shape index (κ3) is 4.30. The van der Waals surface area contributed by atoms with Crippen LogP contribution in [0.5, 0.6) is 0 Å². The van der Waals surface area contributed by atoms with Crippen molar-refractivity contribution in [3.05, 3.63) is 132 Å². The Kier molecular flexibility index (Phi) is 6.35. The van der Waals surface area contributed by atoms with E-state index in [0.29, 0.717) is 11.8 Å². The maximum Gasteiger partial charge on any atom is 0.227 e. The first-order valence-corrected chi connectivity index (χ1v) is 14.8. The second-order valence-electron chi connectivity index (χ2n) is 11.9. The molecule has 5 aromatic carbocycles. The van der Waals surface area contributed by atoms with Gasteiger partial charge in [0.2, 0.25) is 5.89 Å². The number of hydrogen-bond acceptors (Lipinski definition) is 2. The van der Waals surface area contributed by atoms with E-state index < -0.39 is 0 Å². The van der Waals surface area contributed by atoms with Gasteiger partial charge in [0.15, 0.2) is 5.58 Å². The smallest absolute Gasteiger partial charge is 0.227 e. The van der Waals surface area contributed by atoms with E-state index in [0.717, 1.165) is 22.6 Å². The summed E-state index contributed by atoms with van der Waals surface area (Å²) < 4.78 is 6.34. The van der Waals surface area contributed by atoms with E-state index in [2.05, 4.69) is 119 Å².